The van der Waals surface area contributed by atoms with Gasteiger partial charge in [-0.2, -0.15) is 5.26 Å². The Kier molecular flexibility index (Phi) is 4.76. The van der Waals surface area contributed by atoms with Gasteiger partial charge < -0.3 is 10.2 Å². The highest BCUT2D eigenvalue weighted by atomic mass is 16.1. The molecular weight excluding hydrogens is 300 g/mol. The van der Waals surface area contributed by atoms with Crippen molar-refractivity contribution in [3.63, 3.8) is 0 Å². The van der Waals surface area contributed by atoms with Crippen molar-refractivity contribution >= 4 is 17.4 Å². The van der Waals surface area contributed by atoms with Gasteiger partial charge in [0.15, 0.2) is 0 Å². The van der Waals surface area contributed by atoms with E-state index in [1.54, 1.807) is 12.3 Å². The van der Waals surface area contributed by atoms with Gasteiger partial charge in [-0.1, -0.05) is 18.2 Å². The fourth-order valence-electron chi connectivity index (χ4n) is 2.96. The fourth-order valence-corrected chi connectivity index (χ4v) is 2.96. The molecule has 1 aromatic carbocycles. The number of pyridine rings is 1. The lowest BCUT2D eigenvalue weighted by Crippen LogP contribution is -2.38. The molecule has 2 heterocycles. The first-order chi connectivity index (χ1) is 11.7. The summed E-state index contributed by atoms with van der Waals surface area (Å²) in [7, 11) is 0. The van der Waals surface area contributed by atoms with Crippen LogP contribution in [0.4, 0.5) is 11.5 Å². The molecule has 0 saturated carbocycles. The number of nitriles is 1. The quantitative estimate of drug-likeness (QED) is 0.943. The smallest absolute Gasteiger partial charge is 0.227 e. The highest BCUT2D eigenvalue weighted by Gasteiger charge is 2.25. The molecule has 0 aliphatic carbocycles. The predicted octanol–water partition coefficient (Wildman–Crippen LogP) is 3.12. The van der Waals surface area contributed by atoms with Crippen LogP contribution in [0.15, 0.2) is 42.6 Å². The summed E-state index contributed by atoms with van der Waals surface area (Å²) in [5.41, 5.74) is 2.52. The van der Waals surface area contributed by atoms with Gasteiger partial charge in [0.25, 0.3) is 0 Å². The molecule has 122 valence electrons. The number of aromatic nitrogens is 1. The molecule has 0 atom stereocenters. The molecule has 0 bridgehead atoms. The molecule has 1 amide bonds. The summed E-state index contributed by atoms with van der Waals surface area (Å²) in [4.78, 5) is 19.0. The molecule has 3 rings (SSSR count). The first-order valence-electron chi connectivity index (χ1n) is 8.15. The SMILES string of the molecule is Cc1ccccc1NC(=O)C1CCN(c2ccc(C#N)cn2)CC1. The lowest BCUT2D eigenvalue weighted by atomic mass is 9.95. The summed E-state index contributed by atoms with van der Waals surface area (Å²) < 4.78 is 0. The van der Waals surface area contributed by atoms with Crippen molar-refractivity contribution in [3.8, 4) is 6.07 Å². The van der Waals surface area contributed by atoms with E-state index in [2.05, 4.69) is 21.3 Å². The predicted molar refractivity (Wildman–Crippen MR) is 93.7 cm³/mol. The first-order valence-corrected chi connectivity index (χ1v) is 8.15. The van der Waals surface area contributed by atoms with Gasteiger partial charge in [-0.15, -0.1) is 0 Å². The molecule has 5 nitrogen and oxygen atoms in total. The van der Waals surface area contributed by atoms with Crippen LogP contribution in [0.1, 0.15) is 24.0 Å². The van der Waals surface area contributed by atoms with Gasteiger partial charge in [-0.3, -0.25) is 4.79 Å². The number of benzene rings is 1. The summed E-state index contributed by atoms with van der Waals surface area (Å²) in [5, 5.41) is 11.9. The van der Waals surface area contributed by atoms with Crippen LogP contribution in [-0.4, -0.2) is 24.0 Å². The van der Waals surface area contributed by atoms with Gasteiger partial charge in [0.1, 0.15) is 11.9 Å². The maximum atomic E-state index is 12.5. The molecule has 0 unspecified atom stereocenters. The van der Waals surface area contributed by atoms with E-state index >= 15 is 0 Å². The van der Waals surface area contributed by atoms with E-state index in [1.807, 2.05) is 37.3 Å². The lowest BCUT2D eigenvalue weighted by Gasteiger charge is -2.32. The number of aryl methyl sites for hydroxylation is 1. The Morgan fingerprint density at radius 1 is 1.25 bits per heavy atom. The van der Waals surface area contributed by atoms with Gasteiger partial charge >= 0.3 is 0 Å². The molecule has 2 aromatic rings. The molecule has 1 aromatic heterocycles. The van der Waals surface area contributed by atoms with E-state index in [0.717, 1.165) is 43.0 Å². The largest absolute Gasteiger partial charge is 0.357 e. The van der Waals surface area contributed by atoms with Crippen LogP contribution in [-0.2, 0) is 4.79 Å². The monoisotopic (exact) mass is 320 g/mol. The molecule has 5 heteroatoms. The third-order valence-electron chi connectivity index (χ3n) is 4.47. The Morgan fingerprint density at radius 2 is 2.00 bits per heavy atom. The van der Waals surface area contributed by atoms with E-state index in [1.165, 1.54) is 0 Å². The van der Waals surface area contributed by atoms with E-state index in [4.69, 9.17) is 5.26 Å². The Hall–Kier alpha value is -2.87. The Labute approximate surface area is 141 Å². The number of amides is 1. The van der Waals surface area contributed by atoms with Gasteiger partial charge in [0.2, 0.25) is 5.91 Å². The Bertz CT molecular complexity index is 756. The van der Waals surface area contributed by atoms with Crippen LogP contribution in [0.25, 0.3) is 0 Å². The summed E-state index contributed by atoms with van der Waals surface area (Å²) in [6.45, 7) is 3.59. The third kappa shape index (κ3) is 3.54. The average molecular weight is 320 g/mol. The number of carbonyl (C=O) groups is 1. The number of anilines is 2. The third-order valence-corrected chi connectivity index (χ3v) is 4.47. The number of nitrogens with one attached hydrogen (secondary N) is 1. The molecule has 0 radical (unpaired) electrons. The van der Waals surface area contributed by atoms with Gasteiger partial charge in [0, 0.05) is 30.9 Å². The molecule has 0 spiro atoms. The van der Waals surface area contributed by atoms with Crippen molar-refractivity contribution < 1.29 is 4.79 Å². The second-order valence-corrected chi connectivity index (χ2v) is 6.08. The Balaban J connectivity index is 1.57. The first kappa shape index (κ1) is 16.0. The minimum absolute atomic E-state index is 0.0271. The summed E-state index contributed by atoms with van der Waals surface area (Å²) >= 11 is 0. The van der Waals surface area contributed by atoms with Crippen molar-refractivity contribution in [1.82, 2.24) is 4.98 Å². The van der Waals surface area contributed by atoms with E-state index < -0.39 is 0 Å². The van der Waals surface area contributed by atoms with Crippen molar-refractivity contribution in [3.05, 3.63) is 53.7 Å². The van der Waals surface area contributed by atoms with Crippen molar-refractivity contribution in [2.45, 2.75) is 19.8 Å². The van der Waals surface area contributed by atoms with Crippen LogP contribution in [0.2, 0.25) is 0 Å². The fraction of sp³-hybridized carbons (Fsp3) is 0.316. The van der Waals surface area contributed by atoms with Crippen LogP contribution in [0.3, 0.4) is 0 Å². The maximum absolute atomic E-state index is 12.5. The zero-order valence-corrected chi connectivity index (χ0v) is 13.7. The van der Waals surface area contributed by atoms with Crippen LogP contribution in [0.5, 0.6) is 0 Å². The highest BCUT2D eigenvalue weighted by molar-refractivity contribution is 5.93. The van der Waals surface area contributed by atoms with Gasteiger partial charge in [-0.25, -0.2) is 4.98 Å². The summed E-state index contributed by atoms with van der Waals surface area (Å²) in [6, 6.07) is 13.5. The topological polar surface area (TPSA) is 69.0 Å². The average Bonchev–Trinajstić information content (AvgIpc) is 2.64. The van der Waals surface area contributed by atoms with Gasteiger partial charge in [-0.05, 0) is 43.5 Å². The number of hydrogen-bond donors (Lipinski definition) is 1. The minimum atomic E-state index is 0.0271. The Morgan fingerprint density at radius 3 is 2.62 bits per heavy atom. The lowest BCUT2D eigenvalue weighted by molar-refractivity contribution is -0.120. The zero-order valence-electron chi connectivity index (χ0n) is 13.7. The summed E-state index contributed by atoms with van der Waals surface area (Å²) in [6.07, 6.45) is 3.20. The number of carbonyl (C=O) groups excluding carboxylic acids is 1. The zero-order chi connectivity index (χ0) is 16.9. The van der Waals surface area contributed by atoms with Crippen molar-refractivity contribution in [1.29, 1.82) is 5.26 Å². The molecule has 1 saturated heterocycles. The second-order valence-electron chi connectivity index (χ2n) is 6.08. The molecule has 1 aliphatic rings. The molecule has 1 N–H and O–H groups in total. The summed E-state index contributed by atoms with van der Waals surface area (Å²) in [5.74, 6) is 0.989. The van der Waals surface area contributed by atoms with Crippen LogP contribution < -0.4 is 10.2 Å². The number of para-hydroxylation sites is 1. The van der Waals surface area contributed by atoms with E-state index in [9.17, 15) is 4.79 Å². The number of nitrogens with zero attached hydrogens (tertiary/aromatic N) is 3. The minimum Gasteiger partial charge on any atom is -0.357 e. The van der Waals surface area contributed by atoms with Gasteiger partial charge in [0.05, 0.1) is 5.56 Å². The molecule has 1 aliphatic heterocycles. The highest BCUT2D eigenvalue weighted by Crippen LogP contribution is 2.24. The second kappa shape index (κ2) is 7.14. The van der Waals surface area contributed by atoms with E-state index in [-0.39, 0.29) is 11.8 Å². The molecule has 1 fully saturated rings. The van der Waals surface area contributed by atoms with Crippen LogP contribution >= 0.6 is 0 Å². The molecular formula is C19H20N4O. The molecule has 24 heavy (non-hydrogen) atoms. The number of hydrogen-bond acceptors (Lipinski definition) is 4. The van der Waals surface area contributed by atoms with E-state index in [0.29, 0.717) is 5.56 Å². The maximum Gasteiger partial charge on any atom is 0.227 e. The van der Waals surface area contributed by atoms with Crippen molar-refractivity contribution in [2.75, 3.05) is 23.3 Å². The normalized spacial score (nSPS) is 14.9. The standard InChI is InChI=1S/C19H20N4O/c1-14-4-2-3-5-17(14)22-19(24)16-8-10-23(11-9-16)18-7-6-15(12-20)13-21-18/h2-7,13,16H,8-11H2,1H3,(H,22,24). The number of rotatable bonds is 3. The van der Waals surface area contributed by atoms with Crippen LogP contribution in [0, 0.1) is 24.2 Å². The number of piperidine rings is 1. The van der Waals surface area contributed by atoms with Crippen molar-refractivity contribution in [2.24, 2.45) is 5.92 Å².